The summed E-state index contributed by atoms with van der Waals surface area (Å²) in [6.45, 7) is 27.9. The molecule has 306 valence electrons. The van der Waals surface area contributed by atoms with Gasteiger partial charge in [-0.15, -0.1) is 31.3 Å². The van der Waals surface area contributed by atoms with Gasteiger partial charge in [-0.25, -0.2) is 0 Å². The molecule has 0 amide bonds. The van der Waals surface area contributed by atoms with Crippen molar-refractivity contribution >= 4 is 28.6 Å². The van der Waals surface area contributed by atoms with Gasteiger partial charge in [-0.3, -0.25) is 0 Å². The van der Waals surface area contributed by atoms with E-state index in [4.69, 9.17) is 6.42 Å². The Hall–Kier alpha value is -5.49. The third kappa shape index (κ3) is 13.3. The first-order chi connectivity index (χ1) is 28.6. The van der Waals surface area contributed by atoms with E-state index in [1.165, 1.54) is 61.6 Å². The normalized spacial score (nSPS) is 20.7. The van der Waals surface area contributed by atoms with Gasteiger partial charge in [0, 0.05) is 33.5 Å². The lowest BCUT2D eigenvalue weighted by Gasteiger charge is -2.34. The lowest BCUT2D eigenvalue weighted by molar-refractivity contribution is 0.562. The van der Waals surface area contributed by atoms with Gasteiger partial charge in [0.2, 0.25) is 0 Å². The zero-order valence-electron chi connectivity index (χ0n) is 37.0. The first kappa shape index (κ1) is 47.9. The van der Waals surface area contributed by atoms with Crippen molar-refractivity contribution in [1.29, 1.82) is 0 Å². The maximum atomic E-state index is 4.94. The van der Waals surface area contributed by atoms with Crippen LogP contribution in [0, 0.1) is 23.7 Å². The molecule has 1 aliphatic heterocycles. The Labute approximate surface area is 363 Å². The summed E-state index contributed by atoms with van der Waals surface area (Å²) in [5.41, 5.74) is 14.5. The molecule has 2 aromatic carbocycles. The highest BCUT2D eigenvalue weighted by Crippen LogP contribution is 2.54. The van der Waals surface area contributed by atoms with Crippen LogP contribution in [-0.4, -0.2) is 11.0 Å². The van der Waals surface area contributed by atoms with E-state index in [0.717, 1.165) is 25.0 Å². The van der Waals surface area contributed by atoms with Gasteiger partial charge < -0.3 is 4.90 Å². The molecule has 0 radical (unpaired) electrons. The van der Waals surface area contributed by atoms with Gasteiger partial charge in [0.05, 0.1) is 0 Å². The molecule has 0 spiro atoms. The zero-order valence-corrected chi connectivity index (χ0v) is 37.9. The average Bonchev–Trinajstić information content (AvgIpc) is 3.51. The molecular weight excluding hydrogens is 731 g/mol. The largest absolute Gasteiger partial charge is 0.317 e. The van der Waals surface area contributed by atoms with Crippen molar-refractivity contribution in [3.63, 3.8) is 0 Å². The molecule has 0 aromatic heterocycles. The number of anilines is 1. The zero-order chi connectivity index (χ0) is 43.2. The molecule has 0 bridgehead atoms. The Morgan fingerprint density at radius 1 is 0.898 bits per heavy atom. The van der Waals surface area contributed by atoms with E-state index >= 15 is 0 Å². The number of hydrogen-bond acceptors (Lipinski definition) is 2. The Morgan fingerprint density at radius 3 is 2.24 bits per heavy atom. The minimum Gasteiger partial charge on any atom is -0.317 e. The van der Waals surface area contributed by atoms with Crippen LogP contribution in [0.25, 0.3) is 11.1 Å². The average molecular weight is 798 g/mol. The maximum Gasteiger partial charge on any atom is 0.0455 e. The molecule has 0 saturated carbocycles. The Bertz CT molecular complexity index is 2140. The number of fused-ring (bicyclic) bond motifs is 2. The maximum absolute atomic E-state index is 4.94. The standard InChI is InChI=1S/C47H53NS.C8H10.C2H4/c1-9-11-14-20-34(3)39-22-19-23-40(32-39)35(4)28-29-36(5)48(41-24-15-13-16-25-41)42-26-18-17-21-38-30-31-44-45(46(38)49-33-42)37(6)43(27-12-10-2)47(44,7)8;1-3-5-7-8-6-4-2;1-2/h10-20,22-32,38,46H,2,9,21,33H2,1,3-8H3;1,5-8H,4H2,2H3;1-2H2/b14-11-,18-17-,27-12-,34-20+,35-28+,36-29+,42-26+;7-5-,8-6-;. The molecule has 0 fully saturated rings. The molecule has 2 aromatic rings. The van der Waals surface area contributed by atoms with Crippen LogP contribution in [0.5, 0.6) is 0 Å². The fraction of sp³-hybridized carbons (Fsp3) is 0.263. The number of benzene rings is 2. The molecular formula is C57H67NS. The molecule has 2 aliphatic carbocycles. The molecule has 5 rings (SSSR count). The van der Waals surface area contributed by atoms with E-state index in [9.17, 15) is 0 Å². The monoisotopic (exact) mass is 797 g/mol. The van der Waals surface area contributed by atoms with Gasteiger partial charge in [0.1, 0.15) is 0 Å². The SMILES string of the molecule is C#C/C=C\C=C/CC.C=C.C=C/C=C\C1=C(C)C2=C(C=CC3C/C=C\C=C(\N(/C(C)=C/C=C(\C)c4cccc(/C(C)=C/C=C\CC)c4)c4ccccc4)CSC23)C1(C)C. The lowest BCUT2D eigenvalue weighted by Crippen LogP contribution is -2.26. The van der Waals surface area contributed by atoms with Crippen molar-refractivity contribution in [2.45, 2.75) is 79.9 Å². The first-order valence-electron chi connectivity index (χ1n) is 20.9. The van der Waals surface area contributed by atoms with Crippen LogP contribution in [0.1, 0.15) is 85.8 Å². The van der Waals surface area contributed by atoms with E-state index < -0.39 is 0 Å². The predicted molar refractivity (Wildman–Crippen MR) is 268 cm³/mol. The summed E-state index contributed by atoms with van der Waals surface area (Å²) in [6.07, 6.45) is 44.8. The van der Waals surface area contributed by atoms with Crippen molar-refractivity contribution in [1.82, 2.24) is 0 Å². The van der Waals surface area contributed by atoms with Gasteiger partial charge in [0.25, 0.3) is 0 Å². The summed E-state index contributed by atoms with van der Waals surface area (Å²) in [7, 11) is 0. The Balaban J connectivity index is 0.000000832. The summed E-state index contributed by atoms with van der Waals surface area (Å²) in [6, 6.07) is 19.7. The summed E-state index contributed by atoms with van der Waals surface area (Å²) >= 11 is 2.09. The number of hydrogen-bond donors (Lipinski definition) is 0. The fourth-order valence-electron chi connectivity index (χ4n) is 7.55. The highest BCUT2D eigenvalue weighted by atomic mass is 32.2. The third-order valence-electron chi connectivity index (χ3n) is 10.7. The van der Waals surface area contributed by atoms with Gasteiger partial charge in [0.15, 0.2) is 0 Å². The fourth-order valence-corrected chi connectivity index (χ4v) is 9.05. The predicted octanol–water partition coefficient (Wildman–Crippen LogP) is 16.3. The van der Waals surface area contributed by atoms with Crippen molar-refractivity contribution < 1.29 is 0 Å². The molecule has 3 aliphatic rings. The first-order valence-corrected chi connectivity index (χ1v) is 22.0. The minimum atomic E-state index is -0.0198. The van der Waals surface area contributed by atoms with Crippen LogP contribution in [-0.2, 0) is 0 Å². The number of para-hydroxylation sites is 1. The molecule has 2 unspecified atom stereocenters. The summed E-state index contributed by atoms with van der Waals surface area (Å²) in [4.78, 5) is 2.44. The van der Waals surface area contributed by atoms with E-state index in [-0.39, 0.29) is 5.41 Å². The van der Waals surface area contributed by atoms with E-state index in [1.807, 2.05) is 24.3 Å². The second kappa shape index (κ2) is 25.1. The van der Waals surface area contributed by atoms with Crippen LogP contribution in [0.2, 0.25) is 0 Å². The quantitative estimate of drug-likeness (QED) is 0.120. The second-order valence-electron chi connectivity index (χ2n) is 15.1. The summed E-state index contributed by atoms with van der Waals surface area (Å²) < 4.78 is 0. The van der Waals surface area contributed by atoms with Crippen molar-refractivity contribution in [3.05, 3.63) is 222 Å². The van der Waals surface area contributed by atoms with Crippen LogP contribution in [0.15, 0.2) is 211 Å². The number of nitrogens with zero attached hydrogens (tertiary/aromatic N) is 1. The van der Waals surface area contributed by atoms with Crippen LogP contribution in [0.3, 0.4) is 0 Å². The van der Waals surface area contributed by atoms with Gasteiger partial charge >= 0.3 is 0 Å². The lowest BCUT2D eigenvalue weighted by atomic mass is 9.77. The molecule has 2 heteroatoms. The van der Waals surface area contributed by atoms with Crippen molar-refractivity contribution in [2.24, 2.45) is 11.3 Å². The van der Waals surface area contributed by atoms with Crippen LogP contribution >= 0.6 is 11.8 Å². The number of thioether (sulfide) groups is 1. The number of terminal acetylenes is 1. The van der Waals surface area contributed by atoms with E-state index in [2.05, 4.69) is 225 Å². The number of rotatable bonds is 12. The molecule has 59 heavy (non-hydrogen) atoms. The molecule has 0 N–H and O–H groups in total. The Morgan fingerprint density at radius 2 is 1.58 bits per heavy atom. The molecule has 2 atom stereocenters. The molecule has 0 saturated heterocycles. The number of allylic oxidation sites excluding steroid dienone is 23. The third-order valence-corrected chi connectivity index (χ3v) is 12.1. The van der Waals surface area contributed by atoms with Crippen LogP contribution < -0.4 is 4.90 Å². The van der Waals surface area contributed by atoms with Gasteiger partial charge in [-0.05, 0) is 134 Å². The van der Waals surface area contributed by atoms with Crippen LogP contribution in [0.4, 0.5) is 5.69 Å². The smallest absolute Gasteiger partial charge is 0.0455 e. The van der Waals surface area contributed by atoms with Crippen molar-refractivity contribution in [2.75, 3.05) is 10.7 Å². The molecule has 1 nitrogen and oxygen atoms in total. The van der Waals surface area contributed by atoms with Crippen molar-refractivity contribution in [3.8, 4) is 12.3 Å². The van der Waals surface area contributed by atoms with Gasteiger partial charge in [-0.2, -0.15) is 0 Å². The Kier molecular flexibility index (Phi) is 20.4. The second-order valence-corrected chi connectivity index (χ2v) is 16.2. The minimum absolute atomic E-state index is 0.0198. The highest BCUT2D eigenvalue weighted by molar-refractivity contribution is 8.00. The summed E-state index contributed by atoms with van der Waals surface area (Å²) in [5, 5.41) is 0.395. The highest BCUT2D eigenvalue weighted by Gasteiger charge is 2.42. The van der Waals surface area contributed by atoms with Gasteiger partial charge in [-0.1, -0.05) is 162 Å². The summed E-state index contributed by atoms with van der Waals surface area (Å²) in [5.74, 6) is 3.77. The topological polar surface area (TPSA) is 3.24 Å². The van der Waals surface area contributed by atoms with E-state index in [0.29, 0.717) is 11.2 Å². The van der Waals surface area contributed by atoms with E-state index in [1.54, 1.807) is 6.08 Å². The molecule has 1 heterocycles.